The summed E-state index contributed by atoms with van der Waals surface area (Å²) in [6, 6.07) is 16.3. The van der Waals surface area contributed by atoms with E-state index in [1.165, 1.54) is 0 Å². The van der Waals surface area contributed by atoms with Crippen LogP contribution in [-0.2, 0) is 16.6 Å². The van der Waals surface area contributed by atoms with Gasteiger partial charge in [0, 0.05) is 24.2 Å². The van der Waals surface area contributed by atoms with Gasteiger partial charge in [0.25, 0.3) is 16.4 Å². The van der Waals surface area contributed by atoms with Crippen molar-refractivity contribution in [1.82, 2.24) is 9.97 Å². The number of benzene rings is 2. The fourth-order valence-corrected chi connectivity index (χ4v) is 5.19. The summed E-state index contributed by atoms with van der Waals surface area (Å²) in [4.78, 5) is 18.9. The van der Waals surface area contributed by atoms with E-state index in [2.05, 4.69) is 9.97 Å². The topological polar surface area (TPSA) is 100 Å². The summed E-state index contributed by atoms with van der Waals surface area (Å²) in [6.45, 7) is -0.208. The van der Waals surface area contributed by atoms with Crippen molar-refractivity contribution in [3.8, 4) is 11.1 Å². The first kappa shape index (κ1) is 25.2. The Hall–Kier alpha value is -3.89. The number of carbonyl (C=O) groups is 1. The van der Waals surface area contributed by atoms with Gasteiger partial charge >= 0.3 is 5.97 Å². The lowest BCUT2D eigenvalue weighted by Gasteiger charge is -2.25. The van der Waals surface area contributed by atoms with Crippen LogP contribution in [0.2, 0.25) is 5.02 Å². The van der Waals surface area contributed by atoms with Gasteiger partial charge in [-0.2, -0.15) is 0 Å². The molecule has 0 amide bonds. The lowest BCUT2D eigenvalue weighted by Crippen LogP contribution is -2.31. The molecule has 1 N–H and O–H groups in total. The number of hydrogen-bond donors (Lipinski definition) is 1. The van der Waals surface area contributed by atoms with Crippen LogP contribution in [0.3, 0.4) is 0 Å². The van der Waals surface area contributed by atoms with Gasteiger partial charge in [-0.25, -0.2) is 31.3 Å². The number of alkyl halides is 2. The number of hydrogen-bond acceptors (Lipinski definition) is 5. The van der Waals surface area contributed by atoms with Crippen molar-refractivity contribution in [1.29, 1.82) is 0 Å². The first-order valence-corrected chi connectivity index (χ1v) is 12.3. The number of halogens is 3. The zero-order chi connectivity index (χ0) is 25.9. The first-order valence-electron chi connectivity index (χ1n) is 10.5. The minimum atomic E-state index is -4.31. The van der Waals surface area contributed by atoms with E-state index in [0.29, 0.717) is 5.56 Å². The number of carboxylic acid groups (broad SMARTS) is 1. The second kappa shape index (κ2) is 10.4. The third-order valence-electron chi connectivity index (χ3n) is 5.31. The molecule has 0 radical (unpaired) electrons. The Morgan fingerprint density at radius 1 is 0.972 bits per heavy atom. The van der Waals surface area contributed by atoms with Crippen LogP contribution in [0.5, 0.6) is 0 Å². The SMILES string of the molecule is O=C(O)c1ccc(S(=O)(=O)N(Cc2ccc(-c3ccncc3)cc2)c2ncc(C(F)F)cc2Cl)cc1. The quantitative estimate of drug-likeness (QED) is 0.308. The smallest absolute Gasteiger partial charge is 0.335 e. The largest absolute Gasteiger partial charge is 0.478 e. The molecule has 0 saturated carbocycles. The maximum absolute atomic E-state index is 13.6. The molecule has 4 aromatic rings. The van der Waals surface area contributed by atoms with E-state index < -0.39 is 28.0 Å². The summed E-state index contributed by atoms with van der Waals surface area (Å²) in [5.41, 5.74) is 1.84. The van der Waals surface area contributed by atoms with Crippen LogP contribution >= 0.6 is 11.6 Å². The van der Waals surface area contributed by atoms with E-state index in [0.717, 1.165) is 52.0 Å². The maximum atomic E-state index is 13.6. The van der Waals surface area contributed by atoms with Crippen LogP contribution < -0.4 is 4.31 Å². The molecule has 0 spiro atoms. The number of nitrogens with zero attached hydrogens (tertiary/aromatic N) is 3. The van der Waals surface area contributed by atoms with Crippen molar-refractivity contribution < 1.29 is 27.1 Å². The van der Waals surface area contributed by atoms with E-state index in [-0.39, 0.29) is 27.8 Å². The fraction of sp³-hybridized carbons (Fsp3) is 0.0800. The normalized spacial score (nSPS) is 11.4. The van der Waals surface area contributed by atoms with E-state index in [1.807, 2.05) is 24.3 Å². The maximum Gasteiger partial charge on any atom is 0.335 e. The first-order chi connectivity index (χ1) is 17.2. The molecule has 0 unspecified atom stereocenters. The number of carboxylic acids is 1. The summed E-state index contributed by atoms with van der Waals surface area (Å²) in [7, 11) is -4.31. The van der Waals surface area contributed by atoms with E-state index in [9.17, 15) is 22.0 Å². The zero-order valence-electron chi connectivity index (χ0n) is 18.4. The standard InChI is InChI=1S/C25H18ClF2N3O4S/c26-22-13-20(23(27)28)14-30-24(22)31(36(34,35)21-7-5-19(6-8-21)25(32)33)15-16-1-3-17(4-2-16)18-9-11-29-12-10-18/h1-14,23H,15H2,(H,32,33). The number of anilines is 1. The van der Waals surface area contributed by atoms with Gasteiger partial charge in [-0.1, -0.05) is 35.9 Å². The summed E-state index contributed by atoms with van der Waals surface area (Å²) < 4.78 is 54.4. The highest BCUT2D eigenvalue weighted by Gasteiger charge is 2.29. The number of aromatic nitrogens is 2. The van der Waals surface area contributed by atoms with Crippen molar-refractivity contribution in [3.05, 3.63) is 107 Å². The molecule has 0 fully saturated rings. The summed E-state index contributed by atoms with van der Waals surface area (Å²) >= 11 is 6.21. The van der Waals surface area contributed by atoms with Gasteiger partial charge in [0.15, 0.2) is 5.82 Å². The molecule has 2 aromatic heterocycles. The predicted octanol–water partition coefficient (Wildman–Crippen LogP) is 5.83. The lowest BCUT2D eigenvalue weighted by molar-refractivity contribution is 0.0696. The van der Waals surface area contributed by atoms with Crippen molar-refractivity contribution >= 4 is 33.4 Å². The molecule has 0 atom stereocenters. The van der Waals surface area contributed by atoms with Crippen molar-refractivity contribution in [2.75, 3.05) is 4.31 Å². The monoisotopic (exact) mass is 529 g/mol. The van der Waals surface area contributed by atoms with Gasteiger partial charge in [-0.05, 0) is 59.2 Å². The molecule has 7 nitrogen and oxygen atoms in total. The minimum Gasteiger partial charge on any atom is -0.478 e. The van der Waals surface area contributed by atoms with Crippen molar-refractivity contribution in [2.24, 2.45) is 0 Å². The van der Waals surface area contributed by atoms with Crippen LogP contribution in [0.15, 0.2) is 90.2 Å². The number of rotatable bonds is 8. The van der Waals surface area contributed by atoms with Gasteiger partial charge in [-0.3, -0.25) is 4.98 Å². The minimum absolute atomic E-state index is 0.0929. The Balaban J connectivity index is 1.75. The third-order valence-corrected chi connectivity index (χ3v) is 7.34. The predicted molar refractivity (Wildman–Crippen MR) is 131 cm³/mol. The summed E-state index contributed by atoms with van der Waals surface area (Å²) in [5, 5.41) is 8.85. The Morgan fingerprint density at radius 3 is 2.14 bits per heavy atom. The Morgan fingerprint density at radius 2 is 1.58 bits per heavy atom. The Labute approximate surface area is 210 Å². The molecule has 0 bridgehead atoms. The molecule has 4 rings (SSSR count). The van der Waals surface area contributed by atoms with E-state index in [1.54, 1.807) is 24.5 Å². The molecule has 184 valence electrons. The van der Waals surface area contributed by atoms with Gasteiger partial charge in [0.05, 0.1) is 22.0 Å². The van der Waals surface area contributed by atoms with Crippen LogP contribution in [0.25, 0.3) is 11.1 Å². The van der Waals surface area contributed by atoms with Crippen LogP contribution in [0.4, 0.5) is 14.6 Å². The third kappa shape index (κ3) is 5.34. The molecule has 2 aromatic carbocycles. The van der Waals surface area contributed by atoms with Gasteiger partial charge in [0.1, 0.15) is 0 Å². The highest BCUT2D eigenvalue weighted by molar-refractivity contribution is 7.92. The molecule has 11 heteroatoms. The molecule has 0 aliphatic carbocycles. The molecular formula is C25H18ClF2N3O4S. The highest BCUT2D eigenvalue weighted by Crippen LogP contribution is 2.33. The molecule has 0 aliphatic heterocycles. The lowest BCUT2D eigenvalue weighted by atomic mass is 10.1. The average molecular weight is 530 g/mol. The van der Waals surface area contributed by atoms with Crippen molar-refractivity contribution in [3.63, 3.8) is 0 Å². The van der Waals surface area contributed by atoms with Crippen LogP contribution in [0.1, 0.15) is 27.9 Å². The zero-order valence-corrected chi connectivity index (χ0v) is 20.0. The van der Waals surface area contributed by atoms with Crippen molar-refractivity contribution in [2.45, 2.75) is 17.9 Å². The van der Waals surface area contributed by atoms with E-state index in [4.69, 9.17) is 16.7 Å². The molecule has 2 heterocycles. The second-order valence-corrected chi connectivity index (χ2v) is 9.92. The summed E-state index contributed by atoms with van der Waals surface area (Å²) in [6.07, 6.45) is 1.35. The van der Waals surface area contributed by atoms with Gasteiger partial charge in [-0.15, -0.1) is 0 Å². The molecule has 36 heavy (non-hydrogen) atoms. The molecule has 0 aliphatic rings. The number of pyridine rings is 2. The summed E-state index contributed by atoms with van der Waals surface area (Å²) in [5.74, 6) is -1.45. The van der Waals surface area contributed by atoms with Gasteiger partial charge in [0.2, 0.25) is 0 Å². The average Bonchev–Trinajstić information content (AvgIpc) is 2.88. The number of sulfonamides is 1. The number of aromatic carboxylic acids is 1. The van der Waals surface area contributed by atoms with Crippen LogP contribution in [-0.4, -0.2) is 29.5 Å². The molecule has 0 saturated heterocycles. The van der Waals surface area contributed by atoms with E-state index >= 15 is 0 Å². The second-order valence-electron chi connectivity index (χ2n) is 7.65. The van der Waals surface area contributed by atoms with Gasteiger partial charge < -0.3 is 5.11 Å². The molecular weight excluding hydrogens is 512 g/mol. The van der Waals surface area contributed by atoms with Crippen LogP contribution in [0, 0.1) is 0 Å². The Kier molecular flexibility index (Phi) is 7.27. The highest BCUT2D eigenvalue weighted by atomic mass is 35.5. The Bertz CT molecular complexity index is 1480. The fourth-order valence-electron chi connectivity index (χ4n) is 3.43.